The standard InChI is InChI=1S/C27H22O2S2/c28-24(12-7-19-30-27(29)23-10-5-2-6-11-23)26-18-17-25(31-26)22-15-13-21(14-16-22)20-8-3-1-4-9-20/h1-6,8-11,13-18H,7,12,19H2. The monoisotopic (exact) mass is 442 g/mol. The van der Waals surface area contributed by atoms with Crippen molar-refractivity contribution in [3.63, 3.8) is 0 Å². The number of ketones is 1. The van der Waals surface area contributed by atoms with E-state index in [0.717, 1.165) is 15.3 Å². The zero-order valence-corrected chi connectivity index (χ0v) is 18.6. The predicted molar refractivity (Wildman–Crippen MR) is 132 cm³/mol. The third-order valence-electron chi connectivity index (χ3n) is 4.95. The number of thioether (sulfide) groups is 1. The molecular formula is C27H22O2S2. The predicted octanol–water partition coefficient (Wildman–Crippen LogP) is 7.62. The minimum atomic E-state index is 0.0606. The Balaban J connectivity index is 1.30. The molecular weight excluding hydrogens is 420 g/mol. The van der Waals surface area contributed by atoms with Crippen LogP contribution in [0.4, 0.5) is 0 Å². The van der Waals surface area contributed by atoms with Gasteiger partial charge >= 0.3 is 0 Å². The van der Waals surface area contributed by atoms with Gasteiger partial charge in [0, 0.05) is 22.6 Å². The van der Waals surface area contributed by atoms with Crippen molar-refractivity contribution in [3.05, 3.63) is 108 Å². The molecule has 4 heteroatoms. The number of hydrogen-bond acceptors (Lipinski definition) is 4. The van der Waals surface area contributed by atoms with E-state index in [-0.39, 0.29) is 10.9 Å². The van der Waals surface area contributed by atoms with E-state index in [2.05, 4.69) is 36.4 Å². The van der Waals surface area contributed by atoms with Crippen LogP contribution in [0.25, 0.3) is 21.6 Å². The maximum atomic E-state index is 12.6. The van der Waals surface area contributed by atoms with Crippen molar-refractivity contribution in [1.29, 1.82) is 0 Å². The number of hydrogen-bond donors (Lipinski definition) is 0. The van der Waals surface area contributed by atoms with E-state index in [1.54, 1.807) is 0 Å². The van der Waals surface area contributed by atoms with E-state index >= 15 is 0 Å². The summed E-state index contributed by atoms with van der Waals surface area (Å²) in [6.45, 7) is 0. The van der Waals surface area contributed by atoms with Gasteiger partial charge in [0.15, 0.2) is 5.78 Å². The van der Waals surface area contributed by atoms with Gasteiger partial charge in [-0.3, -0.25) is 9.59 Å². The van der Waals surface area contributed by atoms with E-state index in [1.807, 2.05) is 60.7 Å². The molecule has 0 unspecified atom stereocenters. The van der Waals surface area contributed by atoms with Gasteiger partial charge in [-0.25, -0.2) is 0 Å². The lowest BCUT2D eigenvalue weighted by Gasteiger charge is -2.03. The Morgan fingerprint density at radius 3 is 2.00 bits per heavy atom. The fourth-order valence-electron chi connectivity index (χ4n) is 3.28. The summed E-state index contributed by atoms with van der Waals surface area (Å²) in [6.07, 6.45) is 1.16. The first-order chi connectivity index (χ1) is 15.2. The molecule has 2 nitrogen and oxygen atoms in total. The third-order valence-corrected chi connectivity index (χ3v) is 7.11. The number of thiophene rings is 1. The molecule has 0 aliphatic rings. The second-order valence-electron chi connectivity index (χ2n) is 7.14. The summed E-state index contributed by atoms with van der Waals surface area (Å²) >= 11 is 2.81. The Morgan fingerprint density at radius 2 is 1.29 bits per heavy atom. The molecule has 0 fully saturated rings. The van der Waals surface area contributed by atoms with Crippen LogP contribution in [0.2, 0.25) is 0 Å². The summed E-state index contributed by atoms with van der Waals surface area (Å²) in [5.74, 6) is 0.795. The summed E-state index contributed by atoms with van der Waals surface area (Å²) in [5, 5.41) is 0.0606. The summed E-state index contributed by atoms with van der Waals surface area (Å²) in [6, 6.07) is 31.9. The van der Waals surface area contributed by atoms with Gasteiger partial charge < -0.3 is 0 Å². The van der Waals surface area contributed by atoms with Crippen LogP contribution in [0.3, 0.4) is 0 Å². The van der Waals surface area contributed by atoms with E-state index in [1.165, 1.54) is 34.2 Å². The summed E-state index contributed by atoms with van der Waals surface area (Å²) in [7, 11) is 0. The van der Waals surface area contributed by atoms with Crippen molar-refractivity contribution in [3.8, 4) is 21.6 Å². The van der Waals surface area contributed by atoms with Crippen molar-refractivity contribution < 1.29 is 9.59 Å². The quantitative estimate of drug-likeness (QED) is 0.208. The molecule has 0 saturated carbocycles. The van der Waals surface area contributed by atoms with Crippen molar-refractivity contribution >= 4 is 34.0 Å². The molecule has 3 aromatic carbocycles. The maximum absolute atomic E-state index is 12.6. The lowest BCUT2D eigenvalue weighted by molar-refractivity contribution is 0.0984. The highest BCUT2D eigenvalue weighted by atomic mass is 32.2. The molecule has 4 rings (SSSR count). The van der Waals surface area contributed by atoms with Crippen molar-refractivity contribution in [2.45, 2.75) is 12.8 Å². The number of rotatable bonds is 8. The molecule has 31 heavy (non-hydrogen) atoms. The highest BCUT2D eigenvalue weighted by Crippen LogP contribution is 2.31. The van der Waals surface area contributed by atoms with E-state index in [9.17, 15) is 9.59 Å². The Kier molecular flexibility index (Phi) is 7.13. The third kappa shape index (κ3) is 5.60. The normalized spacial score (nSPS) is 10.7. The fraction of sp³-hybridized carbons (Fsp3) is 0.111. The van der Waals surface area contributed by atoms with Crippen LogP contribution in [0.15, 0.2) is 97.1 Å². The molecule has 0 bridgehead atoms. The summed E-state index contributed by atoms with van der Waals surface area (Å²) in [5.41, 5.74) is 4.20. The van der Waals surface area contributed by atoms with Crippen LogP contribution < -0.4 is 0 Å². The fourth-order valence-corrected chi connectivity index (χ4v) is 5.03. The zero-order chi connectivity index (χ0) is 21.5. The first kappa shape index (κ1) is 21.3. The first-order valence-electron chi connectivity index (χ1n) is 10.2. The first-order valence-corrected chi connectivity index (χ1v) is 12.0. The van der Waals surface area contributed by atoms with Crippen LogP contribution in [0, 0.1) is 0 Å². The van der Waals surface area contributed by atoms with Crippen molar-refractivity contribution in [2.75, 3.05) is 5.75 Å². The van der Waals surface area contributed by atoms with Gasteiger partial charge in [0.1, 0.15) is 0 Å². The number of benzene rings is 3. The molecule has 1 aromatic heterocycles. The Hall–Kier alpha value is -2.95. The van der Waals surface area contributed by atoms with Crippen LogP contribution >= 0.6 is 23.1 Å². The Labute approximate surface area is 191 Å². The van der Waals surface area contributed by atoms with Crippen molar-refractivity contribution in [2.24, 2.45) is 0 Å². The lowest BCUT2D eigenvalue weighted by atomic mass is 10.0. The second-order valence-corrected chi connectivity index (χ2v) is 9.29. The molecule has 0 spiro atoms. The van der Waals surface area contributed by atoms with Gasteiger partial charge in [-0.2, -0.15) is 0 Å². The van der Waals surface area contributed by atoms with Gasteiger partial charge in [-0.15, -0.1) is 11.3 Å². The van der Waals surface area contributed by atoms with E-state index in [0.29, 0.717) is 24.2 Å². The van der Waals surface area contributed by atoms with Gasteiger partial charge in [-0.05, 0) is 35.2 Å². The molecule has 0 atom stereocenters. The molecule has 0 aliphatic carbocycles. The van der Waals surface area contributed by atoms with Crippen LogP contribution in [-0.4, -0.2) is 16.7 Å². The van der Waals surface area contributed by atoms with Gasteiger partial charge in [0.05, 0.1) is 4.88 Å². The average molecular weight is 443 g/mol. The van der Waals surface area contributed by atoms with Gasteiger partial charge in [0.25, 0.3) is 0 Å². The molecule has 0 amide bonds. The van der Waals surface area contributed by atoms with E-state index in [4.69, 9.17) is 0 Å². The highest BCUT2D eigenvalue weighted by Gasteiger charge is 2.12. The molecule has 0 radical (unpaired) electrons. The number of carbonyl (C=O) groups excluding carboxylic acids is 2. The largest absolute Gasteiger partial charge is 0.293 e. The smallest absolute Gasteiger partial charge is 0.219 e. The summed E-state index contributed by atoms with van der Waals surface area (Å²) in [4.78, 5) is 26.5. The minimum Gasteiger partial charge on any atom is -0.293 e. The van der Waals surface area contributed by atoms with Crippen LogP contribution in [0.1, 0.15) is 32.9 Å². The SMILES string of the molecule is O=C(SCCCC(=O)c1ccc(-c2ccc(-c3ccccc3)cc2)s1)c1ccccc1. The Bertz CT molecular complexity index is 1150. The Morgan fingerprint density at radius 1 is 0.677 bits per heavy atom. The topological polar surface area (TPSA) is 34.1 Å². The zero-order valence-electron chi connectivity index (χ0n) is 17.0. The molecule has 0 aliphatic heterocycles. The number of Topliss-reactive ketones (excluding diaryl/α,β-unsaturated/α-hetero) is 1. The van der Waals surface area contributed by atoms with Gasteiger partial charge in [0.2, 0.25) is 5.12 Å². The van der Waals surface area contributed by atoms with E-state index < -0.39 is 0 Å². The highest BCUT2D eigenvalue weighted by molar-refractivity contribution is 8.14. The lowest BCUT2D eigenvalue weighted by Crippen LogP contribution is -1.99. The number of carbonyl (C=O) groups is 2. The van der Waals surface area contributed by atoms with Crippen LogP contribution in [-0.2, 0) is 0 Å². The molecule has 154 valence electrons. The molecule has 4 aromatic rings. The average Bonchev–Trinajstić information content (AvgIpc) is 3.33. The van der Waals surface area contributed by atoms with Crippen molar-refractivity contribution in [1.82, 2.24) is 0 Å². The summed E-state index contributed by atoms with van der Waals surface area (Å²) < 4.78 is 0. The maximum Gasteiger partial charge on any atom is 0.219 e. The molecule has 0 N–H and O–H groups in total. The second kappa shape index (κ2) is 10.4. The molecule has 1 heterocycles. The van der Waals surface area contributed by atoms with Gasteiger partial charge in [-0.1, -0.05) is 96.7 Å². The molecule has 0 saturated heterocycles. The minimum absolute atomic E-state index is 0.0606. The van der Waals surface area contributed by atoms with Crippen LogP contribution in [0.5, 0.6) is 0 Å².